The molecule has 0 saturated heterocycles. The van der Waals surface area contributed by atoms with Gasteiger partial charge in [0.15, 0.2) is 0 Å². The Morgan fingerprint density at radius 2 is 2.00 bits per heavy atom. The molecule has 0 radical (unpaired) electrons. The Bertz CT molecular complexity index is 620. The maximum absolute atomic E-state index is 10.9. The van der Waals surface area contributed by atoms with E-state index >= 15 is 0 Å². The number of benzene rings is 2. The van der Waals surface area contributed by atoms with Crippen LogP contribution in [0, 0.1) is 0 Å². The van der Waals surface area contributed by atoms with Gasteiger partial charge in [0.2, 0.25) is 0 Å². The quantitative estimate of drug-likeness (QED) is 0.908. The second-order valence-electron chi connectivity index (χ2n) is 4.97. The molecule has 1 unspecified atom stereocenters. The lowest BCUT2D eigenvalue weighted by atomic mass is 9.86. The van der Waals surface area contributed by atoms with Crippen LogP contribution in [0.5, 0.6) is 5.75 Å². The van der Waals surface area contributed by atoms with Crippen LogP contribution in [-0.2, 0) is 12.0 Å². The van der Waals surface area contributed by atoms with Gasteiger partial charge in [-0.15, -0.1) is 0 Å². The average Bonchev–Trinajstić information content (AvgIpc) is 2.86. The van der Waals surface area contributed by atoms with Crippen molar-refractivity contribution >= 4 is 11.6 Å². The first-order valence-electron chi connectivity index (χ1n) is 6.32. The van der Waals surface area contributed by atoms with Crippen LogP contribution in [0.25, 0.3) is 0 Å². The fourth-order valence-electron chi connectivity index (χ4n) is 2.55. The van der Waals surface area contributed by atoms with Crippen LogP contribution >= 0.6 is 11.6 Å². The number of ether oxygens (including phenoxy) is 1. The van der Waals surface area contributed by atoms with Crippen molar-refractivity contribution in [2.75, 3.05) is 6.61 Å². The van der Waals surface area contributed by atoms with Gasteiger partial charge in [-0.05, 0) is 30.2 Å². The molecule has 19 heavy (non-hydrogen) atoms. The van der Waals surface area contributed by atoms with E-state index in [-0.39, 0.29) is 0 Å². The monoisotopic (exact) mass is 274 g/mol. The summed E-state index contributed by atoms with van der Waals surface area (Å²) in [4.78, 5) is 0. The number of aliphatic hydroxyl groups is 1. The molecule has 0 aliphatic carbocycles. The lowest BCUT2D eigenvalue weighted by Crippen LogP contribution is -2.23. The number of hydrogen-bond donors (Lipinski definition) is 1. The predicted octanol–water partition coefficient (Wildman–Crippen LogP) is 3.53. The number of fused-ring (bicyclic) bond motifs is 1. The summed E-state index contributed by atoms with van der Waals surface area (Å²) < 4.78 is 5.67. The molecule has 2 aromatic carbocycles. The van der Waals surface area contributed by atoms with Crippen molar-refractivity contribution in [3.05, 3.63) is 64.2 Å². The van der Waals surface area contributed by atoms with Crippen LogP contribution in [0.1, 0.15) is 23.6 Å². The van der Waals surface area contributed by atoms with Crippen LogP contribution in [0.3, 0.4) is 0 Å². The molecule has 1 aliphatic rings. The van der Waals surface area contributed by atoms with Crippen molar-refractivity contribution in [3.8, 4) is 5.75 Å². The molecule has 1 aliphatic heterocycles. The van der Waals surface area contributed by atoms with Gasteiger partial charge in [-0.1, -0.05) is 41.9 Å². The van der Waals surface area contributed by atoms with Gasteiger partial charge in [-0.2, -0.15) is 0 Å². The largest absolute Gasteiger partial charge is 0.493 e. The lowest BCUT2D eigenvalue weighted by molar-refractivity contribution is 0.0988. The summed E-state index contributed by atoms with van der Waals surface area (Å²) in [7, 11) is 0. The molecule has 0 bridgehead atoms. The Kier molecular flexibility index (Phi) is 3.00. The molecular weight excluding hydrogens is 260 g/mol. The average molecular weight is 275 g/mol. The van der Waals surface area contributed by atoms with Gasteiger partial charge >= 0.3 is 0 Å². The standard InChI is InChI=1S/C16H15ClO2/c1-16(18,12-5-3-6-13(17)10-12)14-7-2-4-11-8-9-19-15(11)14/h2-7,10,18H,8-9H2,1H3. The van der Waals surface area contributed by atoms with Gasteiger partial charge in [-0.25, -0.2) is 0 Å². The third-order valence-corrected chi connectivity index (χ3v) is 3.86. The molecular formula is C16H15ClO2. The van der Waals surface area contributed by atoms with Gasteiger partial charge in [0.25, 0.3) is 0 Å². The highest BCUT2D eigenvalue weighted by Crippen LogP contribution is 2.40. The second-order valence-corrected chi connectivity index (χ2v) is 5.41. The van der Waals surface area contributed by atoms with Crippen LogP contribution in [0.4, 0.5) is 0 Å². The van der Waals surface area contributed by atoms with E-state index in [9.17, 15) is 5.11 Å². The van der Waals surface area contributed by atoms with Gasteiger partial charge in [0.1, 0.15) is 11.4 Å². The summed E-state index contributed by atoms with van der Waals surface area (Å²) in [6.07, 6.45) is 0.898. The first kappa shape index (κ1) is 12.5. The smallest absolute Gasteiger partial charge is 0.129 e. The molecule has 1 N–H and O–H groups in total. The molecule has 98 valence electrons. The topological polar surface area (TPSA) is 29.5 Å². The molecule has 1 atom stereocenters. The number of hydrogen-bond acceptors (Lipinski definition) is 2. The van der Waals surface area contributed by atoms with E-state index in [4.69, 9.17) is 16.3 Å². The van der Waals surface area contributed by atoms with E-state index in [1.54, 1.807) is 19.1 Å². The fourth-order valence-corrected chi connectivity index (χ4v) is 2.74. The van der Waals surface area contributed by atoms with E-state index in [2.05, 4.69) is 0 Å². The van der Waals surface area contributed by atoms with Crippen molar-refractivity contribution in [1.29, 1.82) is 0 Å². The first-order chi connectivity index (χ1) is 9.09. The first-order valence-corrected chi connectivity index (χ1v) is 6.70. The summed E-state index contributed by atoms with van der Waals surface area (Å²) in [6, 6.07) is 13.2. The Balaban J connectivity index is 2.13. The zero-order valence-electron chi connectivity index (χ0n) is 10.7. The Labute approximate surface area is 117 Å². The molecule has 0 aromatic heterocycles. The second kappa shape index (κ2) is 4.55. The van der Waals surface area contributed by atoms with Crippen LogP contribution in [0.2, 0.25) is 5.02 Å². The summed E-state index contributed by atoms with van der Waals surface area (Å²) >= 11 is 6.01. The van der Waals surface area contributed by atoms with Crippen LogP contribution in [0.15, 0.2) is 42.5 Å². The predicted molar refractivity (Wildman–Crippen MR) is 75.8 cm³/mol. The molecule has 3 rings (SSSR count). The molecule has 0 saturated carbocycles. The summed E-state index contributed by atoms with van der Waals surface area (Å²) in [5, 5.41) is 11.5. The maximum Gasteiger partial charge on any atom is 0.129 e. The molecule has 3 heteroatoms. The van der Waals surface area contributed by atoms with E-state index < -0.39 is 5.60 Å². The van der Waals surface area contributed by atoms with Crippen molar-refractivity contribution in [3.63, 3.8) is 0 Å². The molecule has 2 aromatic rings. The van der Waals surface area contributed by atoms with Gasteiger partial charge < -0.3 is 9.84 Å². The molecule has 0 spiro atoms. The number of rotatable bonds is 2. The minimum Gasteiger partial charge on any atom is -0.493 e. The van der Waals surface area contributed by atoms with Gasteiger partial charge in [-0.3, -0.25) is 0 Å². The van der Waals surface area contributed by atoms with Gasteiger partial charge in [0.05, 0.1) is 6.61 Å². The number of para-hydroxylation sites is 1. The zero-order valence-corrected chi connectivity index (χ0v) is 11.4. The Morgan fingerprint density at radius 3 is 2.79 bits per heavy atom. The van der Waals surface area contributed by atoms with Crippen molar-refractivity contribution in [2.24, 2.45) is 0 Å². The summed E-state index contributed by atoms with van der Waals surface area (Å²) in [5.74, 6) is 0.812. The third-order valence-electron chi connectivity index (χ3n) is 3.63. The zero-order chi connectivity index (χ0) is 13.5. The number of halogens is 1. The van der Waals surface area contributed by atoms with Gasteiger partial charge in [0, 0.05) is 17.0 Å². The van der Waals surface area contributed by atoms with Crippen LogP contribution < -0.4 is 4.74 Å². The normalized spacial score (nSPS) is 16.6. The Hall–Kier alpha value is -1.51. The Morgan fingerprint density at radius 1 is 1.21 bits per heavy atom. The molecule has 2 nitrogen and oxygen atoms in total. The van der Waals surface area contributed by atoms with Crippen LogP contribution in [-0.4, -0.2) is 11.7 Å². The molecule has 0 amide bonds. The highest BCUT2D eigenvalue weighted by molar-refractivity contribution is 6.30. The summed E-state index contributed by atoms with van der Waals surface area (Å²) in [6.45, 7) is 2.45. The summed E-state index contributed by atoms with van der Waals surface area (Å²) in [5.41, 5.74) is 1.61. The maximum atomic E-state index is 10.9. The van der Waals surface area contributed by atoms with E-state index in [1.165, 1.54) is 0 Å². The van der Waals surface area contributed by atoms with E-state index in [0.717, 1.165) is 28.9 Å². The van der Waals surface area contributed by atoms with E-state index in [0.29, 0.717) is 11.6 Å². The minimum absolute atomic E-state index is 0.617. The van der Waals surface area contributed by atoms with E-state index in [1.807, 2.05) is 30.3 Å². The lowest BCUT2D eigenvalue weighted by Gasteiger charge is -2.26. The van der Waals surface area contributed by atoms with Crippen molar-refractivity contribution in [1.82, 2.24) is 0 Å². The highest BCUT2D eigenvalue weighted by Gasteiger charge is 2.31. The minimum atomic E-state index is -1.11. The van der Waals surface area contributed by atoms with Crippen molar-refractivity contribution < 1.29 is 9.84 Å². The molecule has 0 fully saturated rings. The highest BCUT2D eigenvalue weighted by atomic mass is 35.5. The molecule has 1 heterocycles. The third kappa shape index (κ3) is 2.11. The fraction of sp³-hybridized carbons (Fsp3) is 0.250. The van der Waals surface area contributed by atoms with Crippen molar-refractivity contribution in [2.45, 2.75) is 18.9 Å². The SMILES string of the molecule is CC(O)(c1cccc(Cl)c1)c1cccc2c1OCC2.